The highest BCUT2D eigenvalue weighted by Gasteiger charge is 2.09. The highest BCUT2D eigenvalue weighted by molar-refractivity contribution is 5.42. The van der Waals surface area contributed by atoms with Crippen LogP contribution in [0.3, 0.4) is 0 Å². The van der Waals surface area contributed by atoms with E-state index in [0.717, 1.165) is 36.0 Å². The molecule has 0 saturated carbocycles. The van der Waals surface area contributed by atoms with Crippen LogP contribution in [0, 0.1) is 13.8 Å². The first-order chi connectivity index (χ1) is 9.63. The van der Waals surface area contributed by atoms with Crippen molar-refractivity contribution in [3.05, 3.63) is 29.3 Å². The van der Waals surface area contributed by atoms with E-state index in [4.69, 9.17) is 4.74 Å². The van der Waals surface area contributed by atoms with Gasteiger partial charge < -0.3 is 10.1 Å². The maximum atomic E-state index is 5.13. The lowest BCUT2D eigenvalue weighted by molar-refractivity contribution is 0.178. The molecule has 0 aliphatic rings. The molecule has 108 valence electrons. The summed E-state index contributed by atoms with van der Waals surface area (Å²) in [7, 11) is 1.64. The first-order valence-corrected chi connectivity index (χ1v) is 6.78. The van der Waals surface area contributed by atoms with Gasteiger partial charge in [-0.3, -0.25) is 0 Å². The van der Waals surface area contributed by atoms with Gasteiger partial charge in [0.2, 0.25) is 0 Å². The van der Waals surface area contributed by atoms with E-state index in [0.29, 0.717) is 12.4 Å². The van der Waals surface area contributed by atoms with E-state index >= 15 is 0 Å². The molecule has 1 N–H and O–H groups in total. The van der Waals surface area contributed by atoms with Gasteiger partial charge in [-0.15, -0.1) is 0 Å². The molecule has 0 saturated heterocycles. The molecular weight excluding hydrogens is 254 g/mol. The minimum atomic E-state index is 0.383. The van der Waals surface area contributed by atoms with E-state index in [1.165, 1.54) is 0 Å². The Kier molecular flexibility index (Phi) is 4.68. The van der Waals surface area contributed by atoms with E-state index in [1.807, 2.05) is 30.7 Å². The van der Waals surface area contributed by atoms with Crippen molar-refractivity contribution >= 4 is 5.82 Å². The van der Waals surface area contributed by atoms with Crippen molar-refractivity contribution in [2.75, 3.05) is 19.0 Å². The molecule has 2 heterocycles. The third-order valence-corrected chi connectivity index (χ3v) is 2.82. The fourth-order valence-electron chi connectivity index (χ4n) is 1.99. The summed E-state index contributed by atoms with van der Waals surface area (Å²) in [6.45, 7) is 7.36. The third kappa shape index (κ3) is 3.33. The van der Waals surface area contributed by atoms with Crippen LogP contribution in [0.15, 0.2) is 12.1 Å². The van der Waals surface area contributed by atoms with Gasteiger partial charge in [0.25, 0.3) is 0 Å². The van der Waals surface area contributed by atoms with Gasteiger partial charge in [-0.05, 0) is 26.3 Å². The second kappa shape index (κ2) is 6.47. The topological polar surface area (TPSA) is 64.9 Å². The molecule has 20 heavy (non-hydrogen) atoms. The Morgan fingerprint density at radius 2 is 2.05 bits per heavy atom. The molecule has 0 aliphatic heterocycles. The summed E-state index contributed by atoms with van der Waals surface area (Å²) < 4.78 is 6.96. The molecule has 0 amide bonds. The van der Waals surface area contributed by atoms with Crippen molar-refractivity contribution < 1.29 is 4.74 Å². The van der Waals surface area contributed by atoms with Crippen LogP contribution in [0.25, 0.3) is 5.82 Å². The second-order valence-electron chi connectivity index (χ2n) is 4.73. The van der Waals surface area contributed by atoms with Gasteiger partial charge in [-0.1, -0.05) is 6.92 Å². The molecule has 6 heteroatoms. The van der Waals surface area contributed by atoms with Crippen molar-refractivity contribution in [2.45, 2.75) is 33.8 Å². The predicted molar refractivity (Wildman–Crippen MR) is 78.1 cm³/mol. The molecule has 0 bridgehead atoms. The molecule has 0 spiro atoms. The van der Waals surface area contributed by atoms with Crippen molar-refractivity contribution in [1.29, 1.82) is 0 Å². The molecule has 0 radical (unpaired) electrons. The summed E-state index contributed by atoms with van der Waals surface area (Å²) in [5.41, 5.74) is 2.02. The second-order valence-corrected chi connectivity index (χ2v) is 4.73. The lowest BCUT2D eigenvalue weighted by atomic mass is 10.4. The van der Waals surface area contributed by atoms with Crippen molar-refractivity contribution in [2.24, 2.45) is 0 Å². The van der Waals surface area contributed by atoms with Gasteiger partial charge in [-0.25, -0.2) is 14.6 Å². The molecule has 0 aliphatic carbocycles. The number of nitrogens with one attached hydrogen (secondary N) is 1. The summed E-state index contributed by atoms with van der Waals surface area (Å²) in [5.74, 6) is 2.21. The monoisotopic (exact) mass is 275 g/mol. The van der Waals surface area contributed by atoms with E-state index in [9.17, 15) is 0 Å². The molecule has 0 unspecified atom stereocenters. The number of nitrogens with zero attached hydrogens (tertiary/aromatic N) is 4. The average Bonchev–Trinajstić information content (AvgIpc) is 2.75. The van der Waals surface area contributed by atoms with Crippen LogP contribution in [0.1, 0.15) is 30.6 Å². The van der Waals surface area contributed by atoms with Crippen LogP contribution < -0.4 is 5.32 Å². The number of hydrogen-bond acceptors (Lipinski definition) is 5. The van der Waals surface area contributed by atoms with Crippen LogP contribution in [0.5, 0.6) is 0 Å². The van der Waals surface area contributed by atoms with Gasteiger partial charge in [0.05, 0.1) is 5.69 Å². The molecule has 2 aromatic heterocycles. The SMILES string of the molecule is CCCNc1cc(-n2nc(C)cc2C)nc(COC)n1. The summed E-state index contributed by atoms with van der Waals surface area (Å²) in [6, 6.07) is 3.94. The summed E-state index contributed by atoms with van der Waals surface area (Å²) in [4.78, 5) is 8.93. The highest BCUT2D eigenvalue weighted by atomic mass is 16.5. The van der Waals surface area contributed by atoms with E-state index in [-0.39, 0.29) is 0 Å². The van der Waals surface area contributed by atoms with Crippen molar-refractivity contribution in [3.63, 3.8) is 0 Å². The minimum absolute atomic E-state index is 0.383. The fourth-order valence-corrected chi connectivity index (χ4v) is 1.99. The van der Waals surface area contributed by atoms with E-state index in [1.54, 1.807) is 7.11 Å². The van der Waals surface area contributed by atoms with Gasteiger partial charge in [-0.2, -0.15) is 5.10 Å². The standard InChI is InChI=1S/C14H21N5O/c1-5-6-15-12-8-14(17-13(16-12)9-20-4)19-11(3)7-10(2)18-19/h7-8H,5-6,9H2,1-4H3,(H,15,16,17). The third-order valence-electron chi connectivity index (χ3n) is 2.82. The maximum Gasteiger partial charge on any atom is 0.159 e. The zero-order valence-corrected chi connectivity index (χ0v) is 12.5. The Morgan fingerprint density at radius 1 is 1.25 bits per heavy atom. The van der Waals surface area contributed by atoms with Gasteiger partial charge in [0.1, 0.15) is 12.4 Å². The zero-order valence-electron chi connectivity index (χ0n) is 12.5. The summed E-state index contributed by atoms with van der Waals surface area (Å²) in [5, 5.41) is 7.74. The number of aryl methyl sites for hydroxylation is 2. The van der Waals surface area contributed by atoms with Crippen LogP contribution in [-0.4, -0.2) is 33.4 Å². The van der Waals surface area contributed by atoms with Gasteiger partial charge in [0, 0.05) is 25.4 Å². The first kappa shape index (κ1) is 14.5. The molecule has 0 fully saturated rings. The Morgan fingerprint density at radius 3 is 2.65 bits per heavy atom. The van der Waals surface area contributed by atoms with Gasteiger partial charge in [0.15, 0.2) is 11.6 Å². The Bertz CT molecular complexity index is 579. The molecule has 6 nitrogen and oxygen atoms in total. The summed E-state index contributed by atoms with van der Waals surface area (Å²) in [6.07, 6.45) is 1.04. The highest BCUT2D eigenvalue weighted by Crippen LogP contribution is 2.14. The zero-order chi connectivity index (χ0) is 14.5. The quantitative estimate of drug-likeness (QED) is 0.876. The van der Waals surface area contributed by atoms with Crippen LogP contribution >= 0.6 is 0 Å². The lowest BCUT2D eigenvalue weighted by Gasteiger charge is -2.10. The number of rotatable bonds is 6. The van der Waals surface area contributed by atoms with Crippen LogP contribution in [0.4, 0.5) is 5.82 Å². The molecule has 0 atom stereocenters. The first-order valence-electron chi connectivity index (χ1n) is 6.78. The maximum absolute atomic E-state index is 5.13. The number of hydrogen-bond donors (Lipinski definition) is 1. The fraction of sp³-hybridized carbons (Fsp3) is 0.500. The number of ether oxygens (including phenoxy) is 1. The Balaban J connectivity index is 2.40. The van der Waals surface area contributed by atoms with Crippen LogP contribution in [-0.2, 0) is 11.3 Å². The molecular formula is C14H21N5O. The summed E-state index contributed by atoms with van der Waals surface area (Å²) >= 11 is 0. The minimum Gasteiger partial charge on any atom is -0.377 e. The smallest absolute Gasteiger partial charge is 0.159 e. The number of anilines is 1. The molecule has 0 aromatic carbocycles. The molecule has 2 rings (SSSR count). The largest absolute Gasteiger partial charge is 0.377 e. The predicted octanol–water partition coefficient (Wildman–Crippen LogP) is 2.25. The van der Waals surface area contributed by atoms with Crippen molar-refractivity contribution in [1.82, 2.24) is 19.7 Å². The van der Waals surface area contributed by atoms with Crippen LogP contribution in [0.2, 0.25) is 0 Å². The average molecular weight is 275 g/mol. The lowest BCUT2D eigenvalue weighted by Crippen LogP contribution is -2.10. The van der Waals surface area contributed by atoms with Gasteiger partial charge >= 0.3 is 0 Å². The number of aromatic nitrogens is 4. The Labute approximate surface area is 119 Å². The number of methoxy groups -OCH3 is 1. The van der Waals surface area contributed by atoms with E-state index < -0.39 is 0 Å². The normalized spacial score (nSPS) is 10.8. The molecule has 2 aromatic rings. The van der Waals surface area contributed by atoms with Crippen molar-refractivity contribution in [3.8, 4) is 5.82 Å². The van der Waals surface area contributed by atoms with E-state index in [2.05, 4.69) is 27.3 Å². The Hall–Kier alpha value is -1.95.